The highest BCUT2D eigenvalue weighted by atomic mass is 16.5. The van der Waals surface area contributed by atoms with Crippen molar-refractivity contribution in [3.05, 3.63) is 24.0 Å². The summed E-state index contributed by atoms with van der Waals surface area (Å²) in [7, 11) is 1.67. The van der Waals surface area contributed by atoms with Crippen molar-refractivity contribution in [2.45, 2.75) is 25.7 Å². The molecular formula is C13H19N3O. The van der Waals surface area contributed by atoms with Crippen LogP contribution in [-0.4, -0.2) is 23.6 Å². The number of nitrogens with two attached hydrogens (primary N) is 1. The SMILES string of the molecule is COc1ccc2nc(C(C)CCCN)[nH]c2c1. The third-order valence-electron chi connectivity index (χ3n) is 3.02. The van der Waals surface area contributed by atoms with Gasteiger partial charge in [0.1, 0.15) is 11.6 Å². The van der Waals surface area contributed by atoms with Crippen LogP contribution in [0.2, 0.25) is 0 Å². The summed E-state index contributed by atoms with van der Waals surface area (Å²) in [6, 6.07) is 5.88. The van der Waals surface area contributed by atoms with Crippen molar-refractivity contribution < 1.29 is 4.74 Å². The third-order valence-corrected chi connectivity index (χ3v) is 3.02. The van der Waals surface area contributed by atoms with Crippen LogP contribution in [0.5, 0.6) is 5.75 Å². The molecule has 2 aromatic rings. The van der Waals surface area contributed by atoms with Crippen LogP contribution in [-0.2, 0) is 0 Å². The van der Waals surface area contributed by atoms with Gasteiger partial charge in [0.05, 0.1) is 18.1 Å². The zero-order valence-corrected chi connectivity index (χ0v) is 10.4. The molecule has 0 saturated heterocycles. The summed E-state index contributed by atoms with van der Waals surface area (Å²) in [5, 5.41) is 0. The lowest BCUT2D eigenvalue weighted by Gasteiger charge is -2.06. The van der Waals surface area contributed by atoms with Crippen LogP contribution in [0.1, 0.15) is 31.5 Å². The van der Waals surface area contributed by atoms with Gasteiger partial charge < -0.3 is 15.5 Å². The van der Waals surface area contributed by atoms with E-state index in [0.717, 1.165) is 42.0 Å². The van der Waals surface area contributed by atoms with Gasteiger partial charge in [0.15, 0.2) is 0 Å². The first-order valence-electron chi connectivity index (χ1n) is 5.98. The zero-order chi connectivity index (χ0) is 12.3. The summed E-state index contributed by atoms with van der Waals surface area (Å²) in [4.78, 5) is 7.94. The van der Waals surface area contributed by atoms with Crippen LogP contribution in [0.15, 0.2) is 18.2 Å². The largest absolute Gasteiger partial charge is 0.497 e. The third kappa shape index (κ3) is 2.58. The average molecular weight is 233 g/mol. The van der Waals surface area contributed by atoms with Gasteiger partial charge in [-0.15, -0.1) is 0 Å². The molecule has 0 saturated carbocycles. The number of aromatic amines is 1. The Morgan fingerprint density at radius 1 is 1.47 bits per heavy atom. The topological polar surface area (TPSA) is 63.9 Å². The number of ether oxygens (including phenoxy) is 1. The lowest BCUT2D eigenvalue weighted by molar-refractivity contribution is 0.415. The van der Waals surface area contributed by atoms with Crippen LogP contribution in [0, 0.1) is 0 Å². The second-order valence-electron chi connectivity index (χ2n) is 4.34. The molecular weight excluding hydrogens is 214 g/mol. The van der Waals surface area contributed by atoms with Crippen molar-refractivity contribution in [3.63, 3.8) is 0 Å². The number of rotatable bonds is 5. The number of hydrogen-bond donors (Lipinski definition) is 2. The Bertz CT molecular complexity index is 492. The molecule has 1 aromatic heterocycles. The average Bonchev–Trinajstić information content (AvgIpc) is 2.78. The van der Waals surface area contributed by atoms with Crippen molar-refractivity contribution in [2.75, 3.05) is 13.7 Å². The first-order valence-corrected chi connectivity index (χ1v) is 5.98. The zero-order valence-electron chi connectivity index (χ0n) is 10.4. The molecule has 0 amide bonds. The number of hydrogen-bond acceptors (Lipinski definition) is 3. The molecule has 1 atom stereocenters. The predicted molar refractivity (Wildman–Crippen MR) is 69.3 cm³/mol. The van der Waals surface area contributed by atoms with Gasteiger partial charge in [-0.05, 0) is 31.5 Å². The van der Waals surface area contributed by atoms with E-state index in [4.69, 9.17) is 10.5 Å². The van der Waals surface area contributed by atoms with Gasteiger partial charge in [0.2, 0.25) is 0 Å². The lowest BCUT2D eigenvalue weighted by atomic mass is 10.1. The summed E-state index contributed by atoms with van der Waals surface area (Å²) >= 11 is 0. The number of benzene rings is 1. The summed E-state index contributed by atoms with van der Waals surface area (Å²) in [5.41, 5.74) is 7.53. The molecule has 0 aliphatic rings. The van der Waals surface area contributed by atoms with Gasteiger partial charge >= 0.3 is 0 Å². The lowest BCUT2D eigenvalue weighted by Crippen LogP contribution is -2.02. The molecule has 1 aromatic carbocycles. The molecule has 2 rings (SSSR count). The number of aromatic nitrogens is 2. The maximum Gasteiger partial charge on any atom is 0.121 e. The number of H-pyrrole nitrogens is 1. The fraction of sp³-hybridized carbons (Fsp3) is 0.462. The molecule has 17 heavy (non-hydrogen) atoms. The van der Waals surface area contributed by atoms with E-state index in [0.29, 0.717) is 5.92 Å². The van der Waals surface area contributed by atoms with Crippen LogP contribution in [0.3, 0.4) is 0 Å². The normalized spacial score (nSPS) is 12.9. The van der Waals surface area contributed by atoms with E-state index < -0.39 is 0 Å². The molecule has 0 aliphatic carbocycles. The Hall–Kier alpha value is -1.55. The van der Waals surface area contributed by atoms with E-state index in [1.54, 1.807) is 7.11 Å². The molecule has 0 aliphatic heterocycles. The standard InChI is InChI=1S/C13H19N3O/c1-9(4-3-7-14)13-15-11-6-5-10(17-2)8-12(11)16-13/h5-6,8-9H,3-4,7,14H2,1-2H3,(H,15,16). The van der Waals surface area contributed by atoms with Crippen molar-refractivity contribution in [1.82, 2.24) is 9.97 Å². The molecule has 4 nitrogen and oxygen atoms in total. The van der Waals surface area contributed by atoms with Crippen LogP contribution >= 0.6 is 0 Å². The van der Waals surface area contributed by atoms with Crippen molar-refractivity contribution in [1.29, 1.82) is 0 Å². The first-order chi connectivity index (χ1) is 8.24. The van der Waals surface area contributed by atoms with E-state index in [1.165, 1.54) is 0 Å². The quantitative estimate of drug-likeness (QED) is 0.833. The molecule has 0 spiro atoms. The summed E-state index contributed by atoms with van der Waals surface area (Å²) < 4.78 is 5.19. The molecule has 3 N–H and O–H groups in total. The van der Waals surface area contributed by atoms with Gasteiger partial charge in [0, 0.05) is 12.0 Å². The molecule has 1 heterocycles. The van der Waals surface area contributed by atoms with Crippen molar-refractivity contribution in [3.8, 4) is 5.75 Å². The van der Waals surface area contributed by atoms with Crippen molar-refractivity contribution in [2.24, 2.45) is 5.73 Å². The summed E-state index contributed by atoms with van der Waals surface area (Å²) in [5.74, 6) is 2.29. The number of nitrogens with zero attached hydrogens (tertiary/aromatic N) is 1. The highest BCUT2D eigenvalue weighted by Gasteiger charge is 2.10. The van der Waals surface area contributed by atoms with Gasteiger partial charge in [-0.1, -0.05) is 6.92 Å². The smallest absolute Gasteiger partial charge is 0.121 e. The Labute approximate surface area is 101 Å². The van der Waals surface area contributed by atoms with E-state index in [1.807, 2.05) is 18.2 Å². The second kappa shape index (κ2) is 5.19. The monoisotopic (exact) mass is 233 g/mol. The van der Waals surface area contributed by atoms with Gasteiger partial charge in [-0.3, -0.25) is 0 Å². The predicted octanol–water partition coefficient (Wildman–Crippen LogP) is 2.41. The van der Waals surface area contributed by atoms with E-state index >= 15 is 0 Å². The Balaban J connectivity index is 2.24. The fourth-order valence-corrected chi connectivity index (χ4v) is 1.93. The Morgan fingerprint density at radius 3 is 3.00 bits per heavy atom. The fourth-order valence-electron chi connectivity index (χ4n) is 1.93. The minimum atomic E-state index is 0.414. The Kier molecular flexibility index (Phi) is 3.64. The van der Waals surface area contributed by atoms with Gasteiger partial charge in [0.25, 0.3) is 0 Å². The first kappa shape index (κ1) is 11.9. The number of nitrogens with one attached hydrogen (secondary N) is 1. The van der Waals surface area contributed by atoms with Gasteiger partial charge in [-0.25, -0.2) is 4.98 Å². The highest BCUT2D eigenvalue weighted by molar-refractivity contribution is 5.76. The highest BCUT2D eigenvalue weighted by Crippen LogP contribution is 2.23. The van der Waals surface area contributed by atoms with E-state index in [-0.39, 0.29) is 0 Å². The van der Waals surface area contributed by atoms with E-state index in [2.05, 4.69) is 16.9 Å². The summed E-state index contributed by atoms with van der Waals surface area (Å²) in [6.07, 6.45) is 2.09. The molecule has 1 unspecified atom stereocenters. The maximum atomic E-state index is 5.52. The van der Waals surface area contributed by atoms with Crippen LogP contribution < -0.4 is 10.5 Å². The van der Waals surface area contributed by atoms with Crippen molar-refractivity contribution >= 4 is 11.0 Å². The number of fused-ring (bicyclic) bond motifs is 1. The second-order valence-corrected chi connectivity index (χ2v) is 4.34. The van der Waals surface area contributed by atoms with Gasteiger partial charge in [-0.2, -0.15) is 0 Å². The number of imidazole rings is 1. The van der Waals surface area contributed by atoms with Crippen LogP contribution in [0.4, 0.5) is 0 Å². The minimum Gasteiger partial charge on any atom is -0.497 e. The minimum absolute atomic E-state index is 0.414. The summed E-state index contributed by atoms with van der Waals surface area (Å²) in [6.45, 7) is 2.91. The number of methoxy groups -OCH3 is 1. The molecule has 4 heteroatoms. The molecule has 0 fully saturated rings. The molecule has 92 valence electrons. The van der Waals surface area contributed by atoms with Crippen LogP contribution in [0.25, 0.3) is 11.0 Å². The molecule has 0 radical (unpaired) electrons. The molecule has 0 bridgehead atoms. The maximum absolute atomic E-state index is 5.52. The Morgan fingerprint density at radius 2 is 2.29 bits per heavy atom. The van der Waals surface area contributed by atoms with E-state index in [9.17, 15) is 0 Å².